The highest BCUT2D eigenvalue weighted by Crippen LogP contribution is 2.01. The molecule has 4 heteroatoms. The van der Waals surface area contributed by atoms with Crippen molar-refractivity contribution in [1.29, 1.82) is 0 Å². The van der Waals surface area contributed by atoms with Crippen LogP contribution in [0.5, 0.6) is 0 Å². The summed E-state index contributed by atoms with van der Waals surface area (Å²) in [5.41, 5.74) is 0. The fourth-order valence-electron chi connectivity index (χ4n) is 1.39. The maximum atomic E-state index is 11.4. The van der Waals surface area contributed by atoms with E-state index in [1.54, 1.807) is 4.90 Å². The lowest BCUT2D eigenvalue weighted by atomic mass is 10.2. The van der Waals surface area contributed by atoms with Gasteiger partial charge in [0.2, 0.25) is 0 Å². The van der Waals surface area contributed by atoms with Crippen molar-refractivity contribution in [2.75, 3.05) is 19.6 Å². The van der Waals surface area contributed by atoms with Crippen LogP contribution in [0, 0.1) is 0 Å². The summed E-state index contributed by atoms with van der Waals surface area (Å²) in [6, 6.07) is -0.0330. The summed E-state index contributed by atoms with van der Waals surface area (Å²) < 4.78 is 0. The first-order valence-electron chi connectivity index (χ1n) is 4.78. The summed E-state index contributed by atoms with van der Waals surface area (Å²) in [4.78, 5) is 24.2. The summed E-state index contributed by atoms with van der Waals surface area (Å²) in [6.07, 6.45) is 1.92. The first-order valence-corrected chi connectivity index (χ1v) is 4.78. The highest BCUT2D eigenvalue weighted by Gasteiger charge is 2.16. The monoisotopic (exact) mass is 184 g/mol. The van der Waals surface area contributed by atoms with Gasteiger partial charge in [0, 0.05) is 32.5 Å². The summed E-state index contributed by atoms with van der Waals surface area (Å²) >= 11 is 0. The largest absolute Gasteiger partial charge is 0.338 e. The lowest BCUT2D eigenvalue weighted by Crippen LogP contribution is -2.44. The third kappa shape index (κ3) is 3.05. The van der Waals surface area contributed by atoms with Crippen molar-refractivity contribution in [2.24, 2.45) is 0 Å². The molecule has 0 spiro atoms. The lowest BCUT2D eigenvalue weighted by Gasteiger charge is -2.24. The minimum atomic E-state index is -0.0330. The van der Waals surface area contributed by atoms with E-state index >= 15 is 0 Å². The van der Waals surface area contributed by atoms with E-state index in [0.29, 0.717) is 25.9 Å². The van der Waals surface area contributed by atoms with E-state index in [2.05, 4.69) is 5.32 Å². The van der Waals surface area contributed by atoms with Crippen LogP contribution in [0.1, 0.15) is 26.2 Å². The molecule has 0 radical (unpaired) electrons. The number of urea groups is 1. The molecule has 4 nitrogen and oxygen atoms in total. The van der Waals surface area contributed by atoms with Crippen LogP contribution in [-0.2, 0) is 4.79 Å². The molecule has 1 N–H and O–H groups in total. The first kappa shape index (κ1) is 10.0. The molecule has 1 saturated heterocycles. The molecule has 0 unspecified atom stereocenters. The third-order valence-corrected chi connectivity index (χ3v) is 2.12. The van der Waals surface area contributed by atoms with Crippen LogP contribution in [0.2, 0.25) is 0 Å². The van der Waals surface area contributed by atoms with Gasteiger partial charge in [-0.1, -0.05) is 6.92 Å². The number of Topliss-reactive ketones (excluding diaryl/α,β-unsaturated/α-hetero) is 1. The Balaban J connectivity index is 2.48. The topological polar surface area (TPSA) is 49.4 Å². The van der Waals surface area contributed by atoms with Gasteiger partial charge in [-0.2, -0.15) is 0 Å². The summed E-state index contributed by atoms with van der Waals surface area (Å²) in [5.74, 6) is 0.237. The minimum Gasteiger partial charge on any atom is -0.338 e. The van der Waals surface area contributed by atoms with Crippen molar-refractivity contribution in [3.8, 4) is 0 Å². The second-order valence-corrected chi connectivity index (χ2v) is 3.26. The van der Waals surface area contributed by atoms with E-state index in [9.17, 15) is 9.59 Å². The number of carbonyl (C=O) groups excluding carboxylic acids is 2. The van der Waals surface area contributed by atoms with Crippen molar-refractivity contribution < 1.29 is 9.59 Å². The average Bonchev–Trinajstić information content (AvgIpc) is 2.10. The van der Waals surface area contributed by atoms with E-state index < -0.39 is 0 Å². The minimum absolute atomic E-state index is 0.0330. The zero-order chi connectivity index (χ0) is 9.68. The zero-order valence-corrected chi connectivity index (χ0v) is 8.01. The van der Waals surface area contributed by atoms with Crippen molar-refractivity contribution in [3.63, 3.8) is 0 Å². The Morgan fingerprint density at radius 1 is 1.38 bits per heavy atom. The molecule has 0 saturated carbocycles. The fourth-order valence-corrected chi connectivity index (χ4v) is 1.39. The van der Waals surface area contributed by atoms with E-state index in [0.717, 1.165) is 13.0 Å². The van der Waals surface area contributed by atoms with Gasteiger partial charge in [0.15, 0.2) is 0 Å². The van der Waals surface area contributed by atoms with Crippen molar-refractivity contribution in [2.45, 2.75) is 26.2 Å². The third-order valence-electron chi connectivity index (χ3n) is 2.12. The Morgan fingerprint density at radius 3 is 2.85 bits per heavy atom. The van der Waals surface area contributed by atoms with Gasteiger partial charge in [0.1, 0.15) is 5.78 Å². The van der Waals surface area contributed by atoms with Crippen LogP contribution < -0.4 is 5.32 Å². The van der Waals surface area contributed by atoms with Gasteiger partial charge >= 0.3 is 6.03 Å². The van der Waals surface area contributed by atoms with Crippen molar-refractivity contribution in [1.82, 2.24) is 10.2 Å². The number of hydrogen-bond donors (Lipinski definition) is 1. The molecule has 13 heavy (non-hydrogen) atoms. The number of nitrogens with zero attached hydrogens (tertiary/aromatic N) is 1. The van der Waals surface area contributed by atoms with E-state index in [1.807, 2.05) is 6.92 Å². The number of amides is 2. The Hall–Kier alpha value is -1.06. The molecular formula is C9H16N2O2. The second kappa shape index (κ2) is 4.84. The SMILES string of the molecule is CCCN1CCC(=O)CCNC1=O. The van der Waals surface area contributed by atoms with Crippen LogP contribution in [-0.4, -0.2) is 36.3 Å². The lowest BCUT2D eigenvalue weighted by molar-refractivity contribution is -0.119. The van der Waals surface area contributed by atoms with Crippen molar-refractivity contribution in [3.05, 3.63) is 0 Å². The normalized spacial score (nSPS) is 19.3. The van der Waals surface area contributed by atoms with Crippen LogP contribution in [0.3, 0.4) is 0 Å². The highest BCUT2D eigenvalue weighted by atomic mass is 16.2. The second-order valence-electron chi connectivity index (χ2n) is 3.26. The van der Waals surface area contributed by atoms with E-state index in [4.69, 9.17) is 0 Å². The molecule has 1 aliphatic heterocycles. The summed E-state index contributed by atoms with van der Waals surface area (Å²) in [5, 5.41) is 2.72. The maximum Gasteiger partial charge on any atom is 0.317 e. The molecule has 1 heterocycles. The highest BCUT2D eigenvalue weighted by molar-refractivity contribution is 5.82. The van der Waals surface area contributed by atoms with Gasteiger partial charge < -0.3 is 10.2 Å². The molecule has 0 aromatic heterocycles. The Labute approximate surface area is 78.3 Å². The predicted octanol–water partition coefficient (Wildman–Crippen LogP) is 0.771. The molecule has 2 amide bonds. The quantitative estimate of drug-likeness (QED) is 0.689. The number of carbonyl (C=O) groups is 2. The molecule has 1 rings (SSSR count). The maximum absolute atomic E-state index is 11.4. The molecular weight excluding hydrogens is 168 g/mol. The fraction of sp³-hybridized carbons (Fsp3) is 0.778. The smallest absolute Gasteiger partial charge is 0.317 e. The number of nitrogens with one attached hydrogen (secondary N) is 1. The molecule has 74 valence electrons. The standard InChI is InChI=1S/C9H16N2O2/c1-2-6-11-7-4-8(12)3-5-10-9(11)13/h2-7H2,1H3,(H,10,13). The predicted molar refractivity (Wildman–Crippen MR) is 49.5 cm³/mol. The molecule has 1 fully saturated rings. The molecule has 0 aromatic rings. The number of hydrogen-bond acceptors (Lipinski definition) is 2. The zero-order valence-electron chi connectivity index (χ0n) is 8.01. The molecule has 0 atom stereocenters. The number of ketones is 1. The Kier molecular flexibility index (Phi) is 3.73. The molecule has 0 aromatic carbocycles. The van der Waals surface area contributed by atoms with Crippen molar-refractivity contribution >= 4 is 11.8 Å². The van der Waals surface area contributed by atoms with Crippen LogP contribution >= 0.6 is 0 Å². The Bertz CT molecular complexity index is 204. The summed E-state index contributed by atoms with van der Waals surface area (Å²) in [6.45, 7) is 3.81. The van der Waals surface area contributed by atoms with Crippen LogP contribution in [0.25, 0.3) is 0 Å². The van der Waals surface area contributed by atoms with Gasteiger partial charge in [0.25, 0.3) is 0 Å². The molecule has 0 bridgehead atoms. The van der Waals surface area contributed by atoms with Crippen LogP contribution in [0.15, 0.2) is 0 Å². The van der Waals surface area contributed by atoms with Crippen LogP contribution in [0.4, 0.5) is 4.79 Å². The van der Waals surface area contributed by atoms with Gasteiger partial charge in [-0.3, -0.25) is 4.79 Å². The molecule has 1 aliphatic rings. The van der Waals surface area contributed by atoms with Gasteiger partial charge in [-0.05, 0) is 6.42 Å². The Morgan fingerprint density at radius 2 is 2.15 bits per heavy atom. The van der Waals surface area contributed by atoms with Gasteiger partial charge in [-0.15, -0.1) is 0 Å². The van der Waals surface area contributed by atoms with E-state index in [1.165, 1.54) is 0 Å². The van der Waals surface area contributed by atoms with Gasteiger partial charge in [-0.25, -0.2) is 4.79 Å². The molecule has 0 aliphatic carbocycles. The summed E-state index contributed by atoms with van der Waals surface area (Å²) in [7, 11) is 0. The van der Waals surface area contributed by atoms with E-state index in [-0.39, 0.29) is 11.8 Å². The van der Waals surface area contributed by atoms with Gasteiger partial charge in [0.05, 0.1) is 0 Å². The first-order chi connectivity index (χ1) is 6.24. The average molecular weight is 184 g/mol. The number of rotatable bonds is 2.